The molecule has 0 saturated carbocycles. The van der Waals surface area contributed by atoms with Gasteiger partial charge < -0.3 is 14.8 Å². The van der Waals surface area contributed by atoms with Gasteiger partial charge in [-0.15, -0.1) is 12.4 Å². The third kappa shape index (κ3) is 4.92. The van der Waals surface area contributed by atoms with Gasteiger partial charge in [-0.2, -0.15) is 0 Å². The molecule has 0 spiro atoms. The first-order valence-corrected chi connectivity index (χ1v) is 13.3. The van der Waals surface area contributed by atoms with Crippen LogP contribution >= 0.6 is 24.0 Å². The summed E-state index contributed by atoms with van der Waals surface area (Å²) in [6.45, 7) is 6.00. The first-order valence-electron chi connectivity index (χ1n) is 13.0. The van der Waals surface area contributed by atoms with E-state index in [0.717, 1.165) is 73.9 Å². The molecule has 38 heavy (non-hydrogen) atoms. The summed E-state index contributed by atoms with van der Waals surface area (Å²) in [6.07, 6.45) is 7.74. The molecule has 0 amide bonds. The van der Waals surface area contributed by atoms with Crippen molar-refractivity contribution in [3.8, 4) is 11.3 Å². The minimum atomic E-state index is -0.428. The third-order valence-electron chi connectivity index (χ3n) is 7.62. The van der Waals surface area contributed by atoms with Crippen LogP contribution in [0.15, 0.2) is 35.5 Å². The summed E-state index contributed by atoms with van der Waals surface area (Å²) in [5.74, 6) is 1.70. The molecule has 0 radical (unpaired) electrons. The fourth-order valence-electron chi connectivity index (χ4n) is 5.71. The number of hydrogen-bond donors (Lipinski definition) is 2. The second-order valence-corrected chi connectivity index (χ2v) is 10.3. The van der Waals surface area contributed by atoms with E-state index < -0.39 is 5.82 Å². The number of aryl methyl sites for hydroxylation is 1. The van der Waals surface area contributed by atoms with Gasteiger partial charge in [-0.25, -0.2) is 24.1 Å². The molecule has 9 nitrogen and oxygen atoms in total. The van der Waals surface area contributed by atoms with E-state index in [1.54, 1.807) is 16.7 Å². The summed E-state index contributed by atoms with van der Waals surface area (Å²) in [5, 5.41) is 3.69. The molecule has 2 N–H and O–H groups in total. The largest absolute Gasteiger partial charge is 0.355 e. The molecule has 202 valence electrons. The van der Waals surface area contributed by atoms with E-state index in [2.05, 4.69) is 35.9 Å². The molecule has 2 saturated heterocycles. The lowest BCUT2D eigenvalue weighted by atomic mass is 9.95. The zero-order chi connectivity index (χ0) is 25.5. The van der Waals surface area contributed by atoms with Gasteiger partial charge in [0.2, 0.25) is 0 Å². The third-order valence-corrected chi connectivity index (χ3v) is 7.91. The molecule has 1 aromatic carbocycles. The topological polar surface area (TPSA) is 96.7 Å². The van der Waals surface area contributed by atoms with Crippen LogP contribution in [0, 0.1) is 5.82 Å². The molecule has 6 rings (SSSR count). The average molecular weight is 561 g/mol. The molecule has 4 aromatic rings. The Bertz CT molecular complexity index is 1480. The number of aromatic amines is 1. The Labute approximate surface area is 230 Å². The Hall–Kier alpha value is -2.95. The van der Waals surface area contributed by atoms with Crippen molar-refractivity contribution in [2.75, 3.05) is 24.5 Å². The summed E-state index contributed by atoms with van der Waals surface area (Å²) >= 11 is 6.08. The molecule has 5 heterocycles. The fraction of sp³-hybridized carbons (Fsp3) is 0.462. The Balaban J connectivity index is 0.00000294. The highest BCUT2D eigenvalue weighted by Crippen LogP contribution is 2.34. The van der Waals surface area contributed by atoms with E-state index in [-0.39, 0.29) is 29.0 Å². The SMILES string of the molecule is CCn1c(=O)[nH]c2ncnc(N3CCC(c4nc(-c5ccc(F)c(Cl)c5)cn4C[C@@H]4CCCN4)CC3)c21.Cl. The van der Waals surface area contributed by atoms with E-state index in [1.807, 2.05) is 6.92 Å². The molecule has 2 aliphatic heterocycles. The molecule has 12 heteroatoms. The van der Waals surface area contributed by atoms with Gasteiger partial charge in [-0.05, 0) is 57.4 Å². The number of piperidine rings is 1. The monoisotopic (exact) mass is 560 g/mol. The van der Waals surface area contributed by atoms with Gasteiger partial charge in [0.15, 0.2) is 11.5 Å². The van der Waals surface area contributed by atoms with Crippen LogP contribution in [0.1, 0.15) is 44.3 Å². The quantitative estimate of drug-likeness (QED) is 0.364. The zero-order valence-electron chi connectivity index (χ0n) is 21.2. The normalized spacial score (nSPS) is 18.3. The van der Waals surface area contributed by atoms with Crippen molar-refractivity contribution in [3.05, 3.63) is 57.9 Å². The number of hydrogen-bond acceptors (Lipinski definition) is 6. The number of anilines is 1. The van der Waals surface area contributed by atoms with E-state index in [1.165, 1.54) is 18.8 Å². The lowest BCUT2D eigenvalue weighted by molar-refractivity contribution is 0.438. The van der Waals surface area contributed by atoms with Crippen molar-refractivity contribution >= 4 is 41.0 Å². The first-order chi connectivity index (χ1) is 18.0. The smallest absolute Gasteiger partial charge is 0.327 e. The van der Waals surface area contributed by atoms with Crippen molar-refractivity contribution in [1.29, 1.82) is 0 Å². The Morgan fingerprint density at radius 1 is 1.18 bits per heavy atom. The molecular formula is C26H31Cl2FN8O. The van der Waals surface area contributed by atoms with Crippen LogP contribution in [0.5, 0.6) is 0 Å². The highest BCUT2D eigenvalue weighted by Gasteiger charge is 2.29. The molecule has 2 fully saturated rings. The maximum atomic E-state index is 13.8. The van der Waals surface area contributed by atoms with Crippen molar-refractivity contribution < 1.29 is 4.39 Å². The second-order valence-electron chi connectivity index (χ2n) is 9.89. The Morgan fingerprint density at radius 2 is 2.00 bits per heavy atom. The lowest BCUT2D eigenvalue weighted by Gasteiger charge is -2.33. The Morgan fingerprint density at radius 3 is 2.71 bits per heavy atom. The van der Waals surface area contributed by atoms with E-state index >= 15 is 0 Å². The van der Waals surface area contributed by atoms with Crippen LogP contribution in [0.3, 0.4) is 0 Å². The van der Waals surface area contributed by atoms with Crippen molar-refractivity contribution in [2.45, 2.75) is 57.7 Å². The van der Waals surface area contributed by atoms with Gasteiger partial charge in [0.25, 0.3) is 0 Å². The number of fused-ring (bicyclic) bond motifs is 1. The van der Waals surface area contributed by atoms with Crippen molar-refractivity contribution in [1.82, 2.24) is 34.4 Å². The molecular weight excluding hydrogens is 530 g/mol. The predicted molar refractivity (Wildman–Crippen MR) is 149 cm³/mol. The summed E-state index contributed by atoms with van der Waals surface area (Å²) in [5.41, 5.74) is 2.80. The number of imidazole rings is 2. The van der Waals surface area contributed by atoms with E-state index in [0.29, 0.717) is 18.2 Å². The van der Waals surface area contributed by atoms with Gasteiger partial charge in [-0.1, -0.05) is 11.6 Å². The number of H-pyrrole nitrogens is 1. The number of halogens is 3. The van der Waals surface area contributed by atoms with Crippen LogP contribution in [0.25, 0.3) is 22.4 Å². The zero-order valence-corrected chi connectivity index (χ0v) is 22.7. The molecule has 0 unspecified atom stereocenters. The van der Waals surface area contributed by atoms with Gasteiger partial charge >= 0.3 is 5.69 Å². The van der Waals surface area contributed by atoms with Crippen molar-refractivity contribution in [2.24, 2.45) is 0 Å². The number of nitrogens with zero attached hydrogens (tertiary/aromatic N) is 6. The summed E-state index contributed by atoms with van der Waals surface area (Å²) < 4.78 is 17.8. The maximum absolute atomic E-state index is 13.8. The summed E-state index contributed by atoms with van der Waals surface area (Å²) in [6, 6.07) is 5.20. The molecule has 1 atom stereocenters. The molecule has 3 aromatic heterocycles. The Kier molecular flexibility index (Phi) is 7.74. The fourth-order valence-corrected chi connectivity index (χ4v) is 5.89. The van der Waals surface area contributed by atoms with Gasteiger partial charge in [-0.3, -0.25) is 9.55 Å². The van der Waals surface area contributed by atoms with Gasteiger partial charge in [0.1, 0.15) is 23.5 Å². The average Bonchev–Trinajstić information content (AvgIpc) is 3.64. The van der Waals surface area contributed by atoms with Gasteiger partial charge in [0.05, 0.1) is 10.7 Å². The number of nitrogens with one attached hydrogen (secondary N) is 2. The maximum Gasteiger partial charge on any atom is 0.327 e. The van der Waals surface area contributed by atoms with Crippen molar-refractivity contribution in [3.63, 3.8) is 0 Å². The first kappa shape index (κ1) is 26.6. The molecule has 0 aliphatic carbocycles. The number of aromatic nitrogens is 6. The number of rotatable bonds is 6. The van der Waals surface area contributed by atoms with Crippen LogP contribution in [-0.2, 0) is 13.1 Å². The van der Waals surface area contributed by atoms with Crippen LogP contribution in [-0.4, -0.2) is 54.7 Å². The molecule has 2 aliphatic rings. The number of benzene rings is 1. The summed E-state index contributed by atoms with van der Waals surface area (Å²) in [4.78, 5) is 31.3. The predicted octanol–water partition coefficient (Wildman–Crippen LogP) is 4.35. The standard InChI is InChI=1S/C26H30ClFN8O.ClH/c1-2-36-22-23(33-26(36)37)30-15-31-25(22)34-10-7-16(8-11-34)24-32-21(17-5-6-20(28)19(27)12-17)14-35(24)13-18-4-3-9-29-18;/h5-6,12,14-16,18,29H,2-4,7-11,13H2,1H3,(H,30,31,33,37);1H/t18-;/m0./s1. The minimum Gasteiger partial charge on any atom is -0.355 e. The van der Waals surface area contributed by atoms with E-state index in [9.17, 15) is 9.18 Å². The van der Waals surface area contributed by atoms with Crippen LogP contribution in [0.4, 0.5) is 10.2 Å². The second kappa shape index (κ2) is 11.0. The summed E-state index contributed by atoms with van der Waals surface area (Å²) in [7, 11) is 0. The highest BCUT2D eigenvalue weighted by molar-refractivity contribution is 6.31. The van der Waals surface area contributed by atoms with Gasteiger partial charge in [0, 0.05) is 49.9 Å². The van der Waals surface area contributed by atoms with E-state index in [4.69, 9.17) is 16.6 Å². The highest BCUT2D eigenvalue weighted by atomic mass is 35.5. The molecule has 0 bridgehead atoms. The lowest BCUT2D eigenvalue weighted by Crippen LogP contribution is -2.35. The minimum absolute atomic E-state index is 0. The van der Waals surface area contributed by atoms with Crippen LogP contribution < -0.4 is 15.9 Å². The van der Waals surface area contributed by atoms with Crippen LogP contribution in [0.2, 0.25) is 5.02 Å².